The molecule has 0 bridgehead atoms. The molecule has 0 aromatic heterocycles. The molecule has 0 fully saturated rings. The highest BCUT2D eigenvalue weighted by Crippen LogP contribution is 2.22. The van der Waals surface area contributed by atoms with Gasteiger partial charge < -0.3 is 10.1 Å². The quantitative estimate of drug-likeness (QED) is 0.858. The third-order valence-electron chi connectivity index (χ3n) is 3.00. The molecule has 1 N–H and O–H groups in total. The number of hydrogen-bond acceptors (Lipinski definition) is 2. The lowest BCUT2D eigenvalue weighted by Gasteiger charge is -2.21. The van der Waals surface area contributed by atoms with E-state index in [-0.39, 0.29) is 11.9 Å². The standard InChI is InChI=1S/C15H24FNO/c1-11(17-9-8-15(2,3)4)13-7-6-12(18-5)10-14(13)16/h6-7,10-11,17H,8-9H2,1-5H3. The van der Waals surface area contributed by atoms with Gasteiger partial charge in [0.1, 0.15) is 11.6 Å². The first-order valence-corrected chi connectivity index (χ1v) is 6.40. The van der Waals surface area contributed by atoms with Gasteiger partial charge in [0.2, 0.25) is 0 Å². The molecule has 0 aliphatic rings. The van der Waals surface area contributed by atoms with Gasteiger partial charge in [-0.1, -0.05) is 26.8 Å². The van der Waals surface area contributed by atoms with Crippen molar-refractivity contribution in [3.05, 3.63) is 29.6 Å². The van der Waals surface area contributed by atoms with E-state index in [1.807, 2.05) is 6.92 Å². The molecule has 0 saturated heterocycles. The zero-order valence-electron chi connectivity index (χ0n) is 12.0. The van der Waals surface area contributed by atoms with Crippen LogP contribution < -0.4 is 10.1 Å². The molecular formula is C15H24FNO. The SMILES string of the molecule is COc1ccc(C(C)NCCC(C)(C)C)c(F)c1. The molecule has 0 aliphatic carbocycles. The maximum absolute atomic E-state index is 13.8. The van der Waals surface area contributed by atoms with Gasteiger partial charge in [-0.25, -0.2) is 4.39 Å². The second kappa shape index (κ2) is 6.19. The molecule has 0 saturated carbocycles. The summed E-state index contributed by atoms with van der Waals surface area (Å²) < 4.78 is 18.8. The fourth-order valence-electron chi connectivity index (χ4n) is 1.76. The molecule has 1 rings (SSSR count). The Morgan fingerprint density at radius 2 is 2.00 bits per heavy atom. The lowest BCUT2D eigenvalue weighted by atomic mass is 9.92. The molecule has 1 aromatic rings. The van der Waals surface area contributed by atoms with E-state index in [9.17, 15) is 4.39 Å². The molecule has 0 amide bonds. The van der Waals surface area contributed by atoms with Crippen molar-refractivity contribution in [2.45, 2.75) is 40.2 Å². The van der Waals surface area contributed by atoms with Crippen LogP contribution in [-0.4, -0.2) is 13.7 Å². The van der Waals surface area contributed by atoms with E-state index < -0.39 is 0 Å². The van der Waals surface area contributed by atoms with Gasteiger partial charge in [-0.3, -0.25) is 0 Å². The second-order valence-electron chi connectivity index (χ2n) is 5.87. The van der Waals surface area contributed by atoms with Crippen LogP contribution in [0.15, 0.2) is 18.2 Å². The van der Waals surface area contributed by atoms with Crippen LogP contribution in [-0.2, 0) is 0 Å². The van der Waals surface area contributed by atoms with E-state index >= 15 is 0 Å². The highest BCUT2D eigenvalue weighted by Gasteiger charge is 2.13. The first-order chi connectivity index (χ1) is 8.33. The summed E-state index contributed by atoms with van der Waals surface area (Å²) in [6, 6.07) is 5.01. The van der Waals surface area contributed by atoms with Gasteiger partial charge in [0, 0.05) is 17.7 Å². The van der Waals surface area contributed by atoms with E-state index in [1.54, 1.807) is 19.2 Å². The van der Waals surface area contributed by atoms with Crippen molar-refractivity contribution < 1.29 is 9.13 Å². The van der Waals surface area contributed by atoms with E-state index in [0.29, 0.717) is 16.7 Å². The maximum Gasteiger partial charge on any atom is 0.131 e. The number of halogens is 1. The zero-order chi connectivity index (χ0) is 13.8. The topological polar surface area (TPSA) is 21.3 Å². The van der Waals surface area contributed by atoms with E-state index in [0.717, 1.165) is 13.0 Å². The largest absolute Gasteiger partial charge is 0.497 e. The first-order valence-electron chi connectivity index (χ1n) is 6.40. The monoisotopic (exact) mass is 253 g/mol. The van der Waals surface area contributed by atoms with Crippen molar-refractivity contribution >= 4 is 0 Å². The van der Waals surface area contributed by atoms with E-state index in [4.69, 9.17) is 4.74 Å². The van der Waals surface area contributed by atoms with Crippen LogP contribution >= 0.6 is 0 Å². The van der Waals surface area contributed by atoms with Crippen LogP contribution in [0.1, 0.15) is 45.7 Å². The van der Waals surface area contributed by atoms with Gasteiger partial charge in [0.05, 0.1) is 7.11 Å². The third kappa shape index (κ3) is 4.65. The van der Waals surface area contributed by atoms with Crippen molar-refractivity contribution in [1.82, 2.24) is 5.32 Å². The Morgan fingerprint density at radius 1 is 1.33 bits per heavy atom. The summed E-state index contributed by atoms with van der Waals surface area (Å²) in [6.45, 7) is 9.47. The van der Waals surface area contributed by atoms with Crippen LogP contribution in [0.3, 0.4) is 0 Å². The van der Waals surface area contributed by atoms with Crippen LogP contribution in [0.2, 0.25) is 0 Å². The first kappa shape index (κ1) is 15.0. The number of rotatable bonds is 5. The minimum Gasteiger partial charge on any atom is -0.497 e. The fourth-order valence-corrected chi connectivity index (χ4v) is 1.76. The highest BCUT2D eigenvalue weighted by molar-refractivity contribution is 5.30. The van der Waals surface area contributed by atoms with Gasteiger partial charge in [0.15, 0.2) is 0 Å². The molecule has 1 atom stereocenters. The Labute approximate surface area is 110 Å². The highest BCUT2D eigenvalue weighted by atomic mass is 19.1. The Morgan fingerprint density at radius 3 is 2.50 bits per heavy atom. The van der Waals surface area contributed by atoms with Gasteiger partial charge in [-0.15, -0.1) is 0 Å². The Hall–Kier alpha value is -1.09. The van der Waals surface area contributed by atoms with Gasteiger partial charge in [-0.2, -0.15) is 0 Å². The van der Waals surface area contributed by atoms with Crippen LogP contribution in [0.5, 0.6) is 5.75 Å². The van der Waals surface area contributed by atoms with Crippen LogP contribution in [0.4, 0.5) is 4.39 Å². The summed E-state index contributed by atoms with van der Waals surface area (Å²) in [5.74, 6) is 0.336. The minimum absolute atomic E-state index is 0.0123. The normalized spacial score (nSPS) is 13.4. The summed E-state index contributed by atoms with van der Waals surface area (Å²) >= 11 is 0. The summed E-state index contributed by atoms with van der Waals surface area (Å²) in [4.78, 5) is 0. The van der Waals surface area contributed by atoms with Crippen molar-refractivity contribution in [3.63, 3.8) is 0 Å². The van der Waals surface area contributed by atoms with Gasteiger partial charge in [-0.05, 0) is 31.4 Å². The molecule has 0 radical (unpaired) electrons. The van der Waals surface area contributed by atoms with Crippen LogP contribution in [0.25, 0.3) is 0 Å². The Kier molecular flexibility index (Phi) is 5.15. The molecule has 1 aromatic carbocycles. The van der Waals surface area contributed by atoms with Gasteiger partial charge >= 0.3 is 0 Å². The molecule has 3 heteroatoms. The molecule has 102 valence electrons. The number of benzene rings is 1. The Bertz CT molecular complexity index is 385. The Balaban J connectivity index is 2.59. The zero-order valence-corrected chi connectivity index (χ0v) is 12.0. The average Bonchev–Trinajstić information content (AvgIpc) is 2.26. The predicted molar refractivity (Wildman–Crippen MR) is 73.4 cm³/mol. The van der Waals surface area contributed by atoms with Crippen molar-refractivity contribution in [1.29, 1.82) is 0 Å². The summed E-state index contributed by atoms with van der Waals surface area (Å²) in [6.07, 6.45) is 1.06. The molecule has 2 nitrogen and oxygen atoms in total. The molecule has 18 heavy (non-hydrogen) atoms. The van der Waals surface area contributed by atoms with Crippen molar-refractivity contribution in [2.75, 3.05) is 13.7 Å². The maximum atomic E-state index is 13.8. The summed E-state index contributed by atoms with van der Waals surface area (Å²) in [7, 11) is 1.54. The molecule has 0 heterocycles. The number of hydrogen-bond donors (Lipinski definition) is 1. The van der Waals surface area contributed by atoms with Crippen molar-refractivity contribution in [3.8, 4) is 5.75 Å². The fraction of sp³-hybridized carbons (Fsp3) is 0.600. The molecular weight excluding hydrogens is 229 g/mol. The number of nitrogens with one attached hydrogen (secondary N) is 1. The summed E-state index contributed by atoms with van der Waals surface area (Å²) in [5.41, 5.74) is 0.982. The van der Waals surface area contributed by atoms with E-state index in [1.165, 1.54) is 6.07 Å². The molecule has 0 aliphatic heterocycles. The summed E-state index contributed by atoms with van der Waals surface area (Å²) in [5, 5.41) is 3.35. The van der Waals surface area contributed by atoms with Crippen LogP contribution in [0, 0.1) is 11.2 Å². The van der Waals surface area contributed by atoms with Gasteiger partial charge in [0.25, 0.3) is 0 Å². The van der Waals surface area contributed by atoms with E-state index in [2.05, 4.69) is 26.1 Å². The second-order valence-corrected chi connectivity index (χ2v) is 5.87. The number of ether oxygens (including phenoxy) is 1. The average molecular weight is 253 g/mol. The number of methoxy groups -OCH3 is 1. The third-order valence-corrected chi connectivity index (χ3v) is 3.00. The molecule has 1 unspecified atom stereocenters. The minimum atomic E-state index is -0.217. The lowest BCUT2D eigenvalue weighted by Crippen LogP contribution is -2.24. The molecule has 0 spiro atoms. The predicted octanol–water partition coefficient (Wildman–Crippen LogP) is 3.92. The smallest absolute Gasteiger partial charge is 0.131 e. The van der Waals surface area contributed by atoms with Crippen molar-refractivity contribution in [2.24, 2.45) is 5.41 Å². The lowest BCUT2D eigenvalue weighted by molar-refractivity contribution is 0.356.